The summed E-state index contributed by atoms with van der Waals surface area (Å²) in [5, 5.41) is 14.5. The van der Waals surface area contributed by atoms with Crippen molar-refractivity contribution in [1.29, 1.82) is 0 Å². The van der Waals surface area contributed by atoms with Gasteiger partial charge in [-0.15, -0.1) is 5.10 Å². The number of pyridine rings is 1. The van der Waals surface area contributed by atoms with Crippen LogP contribution in [-0.2, 0) is 0 Å². The average Bonchev–Trinajstić information content (AvgIpc) is 2.70. The molecule has 4 aromatic rings. The number of hydrogen-bond donors (Lipinski definition) is 2. The lowest BCUT2D eigenvalue weighted by Gasteiger charge is -2.14. The third-order valence-corrected chi connectivity index (χ3v) is 4.15. The highest BCUT2D eigenvalue weighted by Gasteiger charge is 2.13. The molecule has 0 aliphatic heterocycles. The quantitative estimate of drug-likeness (QED) is 0.520. The predicted octanol–water partition coefficient (Wildman–Crippen LogP) is 4.49. The lowest BCUT2D eigenvalue weighted by atomic mass is 10.1. The first-order chi connectivity index (χ1) is 14.0. The first-order valence-corrected chi connectivity index (χ1v) is 9.26. The van der Waals surface area contributed by atoms with Crippen molar-refractivity contribution in [3.8, 4) is 11.3 Å². The molecule has 1 aromatic carbocycles. The second-order valence-corrected chi connectivity index (χ2v) is 6.95. The van der Waals surface area contributed by atoms with Gasteiger partial charge in [-0.3, -0.25) is 0 Å². The molecule has 0 spiro atoms. The van der Waals surface area contributed by atoms with Crippen molar-refractivity contribution in [1.82, 2.24) is 25.1 Å². The van der Waals surface area contributed by atoms with Gasteiger partial charge in [0.05, 0.1) is 16.9 Å². The molecule has 146 valence electrons. The van der Waals surface area contributed by atoms with Crippen LogP contribution in [0.5, 0.6) is 0 Å². The van der Waals surface area contributed by atoms with Crippen LogP contribution < -0.4 is 10.6 Å². The highest BCUT2D eigenvalue weighted by atomic mass is 19.1. The van der Waals surface area contributed by atoms with Crippen LogP contribution in [0.15, 0.2) is 48.5 Å². The van der Waals surface area contributed by atoms with Crippen LogP contribution in [0.1, 0.15) is 19.5 Å². The third kappa shape index (κ3) is 4.26. The lowest BCUT2D eigenvalue weighted by molar-refractivity contribution is 0.628. The van der Waals surface area contributed by atoms with E-state index in [1.165, 1.54) is 12.1 Å². The van der Waals surface area contributed by atoms with Gasteiger partial charge in [-0.05, 0) is 69.3 Å². The lowest BCUT2D eigenvalue weighted by Crippen LogP contribution is -2.13. The Morgan fingerprint density at radius 3 is 2.34 bits per heavy atom. The molecule has 0 amide bonds. The summed E-state index contributed by atoms with van der Waals surface area (Å²) in [6.07, 6.45) is 0. The van der Waals surface area contributed by atoms with E-state index in [-0.39, 0.29) is 11.9 Å². The van der Waals surface area contributed by atoms with E-state index in [0.29, 0.717) is 28.6 Å². The Labute approximate surface area is 167 Å². The highest BCUT2D eigenvalue weighted by Crippen LogP contribution is 2.26. The molecule has 29 heavy (non-hydrogen) atoms. The second kappa shape index (κ2) is 7.75. The number of benzene rings is 1. The maximum Gasteiger partial charge on any atom is 0.231 e. The molecule has 7 nitrogen and oxygen atoms in total. The van der Waals surface area contributed by atoms with Gasteiger partial charge >= 0.3 is 0 Å². The zero-order valence-electron chi connectivity index (χ0n) is 16.3. The molecular weight excluding hydrogens is 369 g/mol. The van der Waals surface area contributed by atoms with E-state index in [1.807, 2.05) is 45.0 Å². The van der Waals surface area contributed by atoms with Crippen molar-refractivity contribution in [2.45, 2.75) is 26.8 Å². The van der Waals surface area contributed by atoms with Gasteiger partial charge in [-0.2, -0.15) is 10.1 Å². The molecule has 3 heterocycles. The number of rotatable bonds is 5. The van der Waals surface area contributed by atoms with Crippen LogP contribution in [0.25, 0.3) is 22.3 Å². The predicted molar refractivity (Wildman–Crippen MR) is 112 cm³/mol. The summed E-state index contributed by atoms with van der Waals surface area (Å²) in [4.78, 5) is 13.9. The largest absolute Gasteiger partial charge is 0.366 e. The summed E-state index contributed by atoms with van der Waals surface area (Å²) >= 11 is 0. The van der Waals surface area contributed by atoms with Crippen molar-refractivity contribution in [3.05, 3.63) is 60.0 Å². The van der Waals surface area contributed by atoms with Crippen LogP contribution in [0.4, 0.5) is 22.0 Å². The molecule has 0 aliphatic carbocycles. The summed E-state index contributed by atoms with van der Waals surface area (Å²) in [7, 11) is 0. The monoisotopic (exact) mass is 389 g/mol. The third-order valence-electron chi connectivity index (χ3n) is 4.15. The molecule has 0 radical (unpaired) electrons. The fourth-order valence-electron chi connectivity index (χ4n) is 2.81. The first kappa shape index (κ1) is 18.7. The number of halogens is 1. The van der Waals surface area contributed by atoms with Gasteiger partial charge in [0.2, 0.25) is 5.95 Å². The molecule has 4 rings (SSSR count). The molecule has 0 atom stereocenters. The minimum absolute atomic E-state index is 0.149. The Hall–Kier alpha value is -3.68. The van der Waals surface area contributed by atoms with E-state index in [9.17, 15) is 4.39 Å². The van der Waals surface area contributed by atoms with E-state index >= 15 is 0 Å². The number of aromatic nitrogens is 5. The van der Waals surface area contributed by atoms with Crippen molar-refractivity contribution in [2.24, 2.45) is 0 Å². The molecule has 0 saturated heterocycles. The molecule has 0 bridgehead atoms. The van der Waals surface area contributed by atoms with Crippen molar-refractivity contribution in [3.63, 3.8) is 0 Å². The number of fused-ring (bicyclic) bond motifs is 1. The van der Waals surface area contributed by atoms with E-state index in [2.05, 4.69) is 30.8 Å². The second-order valence-electron chi connectivity index (χ2n) is 6.95. The Bertz CT molecular complexity index is 1140. The van der Waals surface area contributed by atoms with Crippen molar-refractivity contribution in [2.75, 3.05) is 10.6 Å². The Morgan fingerprint density at radius 1 is 0.862 bits per heavy atom. The fraction of sp³-hybridized carbons (Fsp3) is 0.190. The maximum atomic E-state index is 13.2. The fourth-order valence-corrected chi connectivity index (χ4v) is 2.81. The number of aryl methyl sites for hydroxylation is 1. The zero-order chi connectivity index (χ0) is 20.4. The Kier molecular flexibility index (Phi) is 4.99. The molecule has 0 saturated carbocycles. The van der Waals surface area contributed by atoms with Crippen LogP contribution in [-0.4, -0.2) is 31.2 Å². The molecule has 0 aliphatic rings. The van der Waals surface area contributed by atoms with Gasteiger partial charge in [-0.1, -0.05) is 0 Å². The summed E-state index contributed by atoms with van der Waals surface area (Å²) in [6.45, 7) is 5.92. The van der Waals surface area contributed by atoms with Crippen molar-refractivity contribution >= 4 is 28.6 Å². The molecule has 3 aromatic heterocycles. The topological polar surface area (TPSA) is 88.5 Å². The Morgan fingerprint density at radius 2 is 1.66 bits per heavy atom. The van der Waals surface area contributed by atoms with Crippen LogP contribution in [0.2, 0.25) is 0 Å². The average molecular weight is 389 g/mol. The molecule has 2 N–H and O–H groups in total. The van der Waals surface area contributed by atoms with Gasteiger partial charge < -0.3 is 10.6 Å². The SMILES string of the molecule is Cc1ccc(Nc2nc(NC(C)C)c3nc(-c4ccc(F)cc4)ccc3n2)nn1. The van der Waals surface area contributed by atoms with Gasteiger partial charge in [-0.25, -0.2) is 14.4 Å². The van der Waals surface area contributed by atoms with Crippen LogP contribution >= 0.6 is 0 Å². The number of hydrogen-bond acceptors (Lipinski definition) is 7. The standard InChI is InChI=1S/C21H20FN7/c1-12(2)23-20-19-17(10-9-16(24-19)14-5-7-15(22)8-6-14)25-21(27-20)26-18-11-4-13(3)28-29-18/h4-12H,1-3H3,(H2,23,25,26,27,29). The van der Waals surface area contributed by atoms with Gasteiger partial charge in [0.15, 0.2) is 11.6 Å². The number of anilines is 3. The number of nitrogens with zero attached hydrogens (tertiary/aromatic N) is 5. The van der Waals surface area contributed by atoms with Crippen LogP contribution in [0.3, 0.4) is 0 Å². The van der Waals surface area contributed by atoms with E-state index in [1.54, 1.807) is 12.1 Å². The minimum atomic E-state index is -0.282. The van der Waals surface area contributed by atoms with Gasteiger partial charge in [0.25, 0.3) is 0 Å². The summed E-state index contributed by atoms with van der Waals surface area (Å²) < 4.78 is 13.2. The van der Waals surface area contributed by atoms with E-state index in [0.717, 1.165) is 17.0 Å². The normalized spacial score (nSPS) is 11.1. The minimum Gasteiger partial charge on any atom is -0.366 e. The van der Waals surface area contributed by atoms with Crippen LogP contribution in [0, 0.1) is 12.7 Å². The highest BCUT2D eigenvalue weighted by molar-refractivity contribution is 5.88. The molecule has 0 unspecified atom stereocenters. The molecule has 8 heteroatoms. The Balaban J connectivity index is 1.77. The molecular formula is C21H20FN7. The molecule has 0 fully saturated rings. The van der Waals surface area contributed by atoms with Gasteiger partial charge in [0.1, 0.15) is 11.3 Å². The summed E-state index contributed by atoms with van der Waals surface area (Å²) in [5.41, 5.74) is 3.69. The maximum absolute atomic E-state index is 13.2. The first-order valence-electron chi connectivity index (χ1n) is 9.26. The van der Waals surface area contributed by atoms with Gasteiger partial charge in [0, 0.05) is 11.6 Å². The summed E-state index contributed by atoms with van der Waals surface area (Å²) in [5.74, 6) is 1.28. The number of nitrogens with one attached hydrogen (secondary N) is 2. The van der Waals surface area contributed by atoms with E-state index < -0.39 is 0 Å². The van der Waals surface area contributed by atoms with Crippen molar-refractivity contribution < 1.29 is 4.39 Å². The summed E-state index contributed by atoms with van der Waals surface area (Å²) in [6, 6.07) is 13.8. The smallest absolute Gasteiger partial charge is 0.231 e. The zero-order valence-corrected chi connectivity index (χ0v) is 16.3. The van der Waals surface area contributed by atoms with E-state index in [4.69, 9.17) is 4.98 Å².